The molecule has 0 radical (unpaired) electrons. The highest BCUT2D eigenvalue weighted by Crippen LogP contribution is 2.14. The number of aromatic nitrogens is 1. The number of hydrogen-bond donors (Lipinski definition) is 3. The molecule has 0 aliphatic carbocycles. The van der Waals surface area contributed by atoms with Crippen LogP contribution in [0.4, 0.5) is 8.78 Å². The van der Waals surface area contributed by atoms with E-state index in [4.69, 9.17) is 4.42 Å². The quantitative estimate of drug-likeness (QED) is 0.263. The van der Waals surface area contributed by atoms with Gasteiger partial charge in [-0.3, -0.25) is 9.36 Å². The number of nitrogens with zero attached hydrogens (tertiary/aromatic N) is 1. The number of nitrogens with one attached hydrogen (secondary N) is 2. The molecule has 2 atom stereocenters. The van der Waals surface area contributed by atoms with Gasteiger partial charge in [-0.25, -0.2) is 13.6 Å². The zero-order chi connectivity index (χ0) is 27.1. The standard InChI is InChI=1S/C29H31F2N3O4/c1-2-19-6-5-7-20(12-19)17-32-18-26(35)24(15-21-13-22(30)16-23(31)14-21)33-28(36)10-11-34-25-8-3-4-9-27(25)38-29(34)37/h3-9,12-14,16,24,26,32,35H,2,10-11,15,17-18H2,1H3,(H,33,36)/t24-,26+/m0/s1. The van der Waals surface area contributed by atoms with Crippen LogP contribution in [0.25, 0.3) is 11.1 Å². The van der Waals surface area contributed by atoms with Crippen molar-refractivity contribution in [3.8, 4) is 0 Å². The largest absolute Gasteiger partial charge is 0.419 e. The van der Waals surface area contributed by atoms with Gasteiger partial charge in [0, 0.05) is 32.1 Å². The number of aryl methyl sites for hydroxylation is 2. The third kappa shape index (κ3) is 7.14. The smallest absolute Gasteiger partial charge is 0.408 e. The van der Waals surface area contributed by atoms with E-state index in [9.17, 15) is 23.5 Å². The molecule has 4 aromatic rings. The lowest BCUT2D eigenvalue weighted by Gasteiger charge is -2.25. The number of rotatable bonds is 12. The van der Waals surface area contributed by atoms with Gasteiger partial charge in [-0.15, -0.1) is 0 Å². The molecule has 1 amide bonds. The van der Waals surface area contributed by atoms with Gasteiger partial charge >= 0.3 is 5.76 Å². The summed E-state index contributed by atoms with van der Waals surface area (Å²) in [7, 11) is 0. The fourth-order valence-corrected chi connectivity index (χ4v) is 4.45. The van der Waals surface area contributed by atoms with Gasteiger partial charge < -0.3 is 20.2 Å². The van der Waals surface area contributed by atoms with Crippen molar-refractivity contribution in [1.29, 1.82) is 0 Å². The number of benzene rings is 3. The first-order valence-electron chi connectivity index (χ1n) is 12.6. The summed E-state index contributed by atoms with van der Waals surface area (Å²) in [4.78, 5) is 25.1. The second kappa shape index (κ2) is 12.6. The summed E-state index contributed by atoms with van der Waals surface area (Å²) in [6.45, 7) is 2.80. The number of amides is 1. The SMILES string of the molecule is CCc1cccc(CNC[C@@H](O)[C@H](Cc2cc(F)cc(F)c2)NC(=O)CCn2c(=O)oc3ccccc32)c1. The van der Waals surface area contributed by atoms with Crippen LogP contribution in [0.15, 0.2) is 75.9 Å². The molecule has 0 aliphatic heterocycles. The van der Waals surface area contributed by atoms with Crippen molar-refractivity contribution >= 4 is 17.0 Å². The van der Waals surface area contributed by atoms with Gasteiger partial charge in [-0.05, 0) is 53.8 Å². The number of aliphatic hydroxyl groups excluding tert-OH is 1. The van der Waals surface area contributed by atoms with Gasteiger partial charge in [0.2, 0.25) is 5.91 Å². The van der Waals surface area contributed by atoms with Crippen LogP contribution in [0.2, 0.25) is 0 Å². The van der Waals surface area contributed by atoms with Crippen molar-refractivity contribution in [2.45, 2.75) is 51.4 Å². The molecule has 38 heavy (non-hydrogen) atoms. The van der Waals surface area contributed by atoms with Crippen molar-refractivity contribution in [1.82, 2.24) is 15.2 Å². The predicted octanol–water partition coefficient (Wildman–Crippen LogP) is 3.70. The van der Waals surface area contributed by atoms with Crippen LogP contribution in [-0.2, 0) is 30.7 Å². The number of oxazole rings is 1. The summed E-state index contributed by atoms with van der Waals surface area (Å²) in [5, 5.41) is 16.9. The topological polar surface area (TPSA) is 96.5 Å². The van der Waals surface area contributed by atoms with Crippen molar-refractivity contribution in [2.75, 3.05) is 6.54 Å². The molecule has 0 saturated heterocycles. The van der Waals surface area contributed by atoms with Crippen molar-refractivity contribution in [2.24, 2.45) is 0 Å². The Labute approximate surface area is 219 Å². The Morgan fingerprint density at radius 3 is 2.50 bits per heavy atom. The number of halogens is 2. The molecular formula is C29H31F2N3O4. The fraction of sp³-hybridized carbons (Fsp3) is 0.310. The molecular weight excluding hydrogens is 492 g/mol. The van der Waals surface area contributed by atoms with Crippen LogP contribution < -0.4 is 16.4 Å². The van der Waals surface area contributed by atoms with E-state index in [1.807, 2.05) is 18.2 Å². The van der Waals surface area contributed by atoms with E-state index in [1.165, 1.54) is 22.3 Å². The number of aliphatic hydroxyl groups is 1. The molecule has 1 heterocycles. The highest BCUT2D eigenvalue weighted by molar-refractivity contribution is 5.77. The normalized spacial score (nSPS) is 12.9. The molecule has 0 fully saturated rings. The van der Waals surface area contributed by atoms with E-state index in [1.54, 1.807) is 24.3 Å². The molecule has 200 valence electrons. The Morgan fingerprint density at radius 1 is 1.00 bits per heavy atom. The molecule has 0 aliphatic rings. The van der Waals surface area contributed by atoms with Crippen LogP contribution in [0.5, 0.6) is 0 Å². The third-order valence-corrected chi connectivity index (χ3v) is 6.41. The van der Waals surface area contributed by atoms with E-state index in [-0.39, 0.29) is 25.9 Å². The van der Waals surface area contributed by atoms with E-state index in [0.29, 0.717) is 23.2 Å². The van der Waals surface area contributed by atoms with Crippen LogP contribution in [0.1, 0.15) is 30.0 Å². The molecule has 4 rings (SSSR count). The van der Waals surface area contributed by atoms with E-state index < -0.39 is 35.4 Å². The van der Waals surface area contributed by atoms with Gasteiger partial charge in [-0.2, -0.15) is 0 Å². The van der Waals surface area contributed by atoms with E-state index in [2.05, 4.69) is 23.6 Å². The summed E-state index contributed by atoms with van der Waals surface area (Å²) in [5.74, 6) is -2.46. The van der Waals surface area contributed by atoms with Gasteiger partial charge in [0.15, 0.2) is 5.58 Å². The molecule has 0 spiro atoms. The van der Waals surface area contributed by atoms with Gasteiger partial charge in [-0.1, -0.05) is 43.3 Å². The van der Waals surface area contributed by atoms with Gasteiger partial charge in [0.25, 0.3) is 0 Å². The van der Waals surface area contributed by atoms with Gasteiger partial charge in [0.1, 0.15) is 11.6 Å². The maximum absolute atomic E-state index is 13.8. The Bertz CT molecular complexity index is 1430. The second-order valence-electron chi connectivity index (χ2n) is 9.26. The Morgan fingerprint density at radius 2 is 1.74 bits per heavy atom. The van der Waals surface area contributed by atoms with Crippen LogP contribution in [0, 0.1) is 11.6 Å². The lowest BCUT2D eigenvalue weighted by atomic mass is 10.00. The molecule has 3 N–H and O–H groups in total. The third-order valence-electron chi connectivity index (χ3n) is 6.41. The minimum Gasteiger partial charge on any atom is -0.408 e. The van der Waals surface area contributed by atoms with Crippen molar-refractivity contribution < 1.29 is 23.1 Å². The van der Waals surface area contributed by atoms with E-state index in [0.717, 1.165) is 18.1 Å². The van der Waals surface area contributed by atoms with Crippen molar-refractivity contribution in [3.05, 3.63) is 106 Å². The highest BCUT2D eigenvalue weighted by atomic mass is 19.1. The first kappa shape index (κ1) is 27.2. The summed E-state index contributed by atoms with van der Waals surface area (Å²) in [6, 6.07) is 17.3. The Hall–Kier alpha value is -3.82. The molecule has 0 saturated carbocycles. The maximum atomic E-state index is 13.8. The summed E-state index contributed by atoms with van der Waals surface area (Å²) >= 11 is 0. The van der Waals surface area contributed by atoms with Crippen LogP contribution >= 0.6 is 0 Å². The predicted molar refractivity (Wildman–Crippen MR) is 141 cm³/mol. The molecule has 0 bridgehead atoms. The van der Waals surface area contributed by atoms with Gasteiger partial charge in [0.05, 0.1) is 17.7 Å². The maximum Gasteiger partial charge on any atom is 0.419 e. The Kier molecular flexibility index (Phi) is 9.04. The minimum absolute atomic E-state index is 0.0170. The molecule has 1 aromatic heterocycles. The fourth-order valence-electron chi connectivity index (χ4n) is 4.45. The first-order valence-corrected chi connectivity index (χ1v) is 12.6. The molecule has 7 nitrogen and oxygen atoms in total. The lowest BCUT2D eigenvalue weighted by Crippen LogP contribution is -2.48. The molecule has 9 heteroatoms. The average molecular weight is 524 g/mol. The van der Waals surface area contributed by atoms with Crippen LogP contribution in [0.3, 0.4) is 0 Å². The summed E-state index contributed by atoms with van der Waals surface area (Å²) in [6.07, 6.45) is -0.169. The number of para-hydroxylation sites is 2. The van der Waals surface area contributed by atoms with Crippen molar-refractivity contribution in [3.63, 3.8) is 0 Å². The summed E-state index contributed by atoms with van der Waals surface area (Å²) < 4.78 is 34.2. The number of carbonyl (C=O) groups is 1. The number of hydrogen-bond acceptors (Lipinski definition) is 5. The number of carbonyl (C=O) groups excluding carboxylic acids is 1. The lowest BCUT2D eigenvalue weighted by molar-refractivity contribution is -0.122. The summed E-state index contributed by atoms with van der Waals surface area (Å²) in [5.41, 5.74) is 3.57. The van der Waals surface area contributed by atoms with Crippen LogP contribution in [-0.4, -0.2) is 34.3 Å². The monoisotopic (exact) mass is 523 g/mol. The minimum atomic E-state index is -1.04. The van der Waals surface area contributed by atoms with E-state index >= 15 is 0 Å². The second-order valence-corrected chi connectivity index (χ2v) is 9.26. The Balaban J connectivity index is 1.42. The first-order chi connectivity index (χ1) is 18.3. The molecule has 0 unspecified atom stereocenters. The zero-order valence-electron chi connectivity index (χ0n) is 21.1. The molecule has 3 aromatic carbocycles. The highest BCUT2D eigenvalue weighted by Gasteiger charge is 2.23. The number of fused-ring (bicyclic) bond motifs is 1. The zero-order valence-corrected chi connectivity index (χ0v) is 21.1. The average Bonchev–Trinajstić information content (AvgIpc) is 3.21.